The summed E-state index contributed by atoms with van der Waals surface area (Å²) in [6.45, 7) is 4.36. The molecule has 3 N–H and O–H groups in total. The van der Waals surface area contributed by atoms with Gasteiger partial charge in [0.05, 0.1) is 5.84 Å². The van der Waals surface area contributed by atoms with Crippen LogP contribution in [0.4, 0.5) is 0 Å². The van der Waals surface area contributed by atoms with Gasteiger partial charge in [-0.2, -0.15) is 0 Å². The van der Waals surface area contributed by atoms with E-state index in [-0.39, 0.29) is 6.04 Å². The van der Waals surface area contributed by atoms with Crippen molar-refractivity contribution < 1.29 is 0 Å². The van der Waals surface area contributed by atoms with Crippen LogP contribution in [0.1, 0.15) is 13.8 Å². The molecule has 0 radical (unpaired) electrons. The lowest BCUT2D eigenvalue weighted by Gasteiger charge is -2.23. The van der Waals surface area contributed by atoms with E-state index >= 15 is 0 Å². The third-order valence-corrected chi connectivity index (χ3v) is 1.53. The van der Waals surface area contributed by atoms with Crippen LogP contribution in [0.25, 0.3) is 0 Å². The van der Waals surface area contributed by atoms with Gasteiger partial charge >= 0.3 is 0 Å². The SMILES string of the molecule is CC(=N)N(C)[C@H](C)CN. The minimum atomic E-state index is 0.280. The van der Waals surface area contributed by atoms with Crippen molar-refractivity contribution in [2.45, 2.75) is 19.9 Å². The lowest BCUT2D eigenvalue weighted by atomic mass is 10.3. The molecular formula is C6H15N3. The highest BCUT2D eigenvalue weighted by molar-refractivity contribution is 5.76. The number of nitrogens with two attached hydrogens (primary N) is 1. The van der Waals surface area contributed by atoms with Crippen LogP contribution < -0.4 is 5.73 Å². The summed E-state index contributed by atoms with van der Waals surface area (Å²) in [6, 6.07) is 0.280. The van der Waals surface area contributed by atoms with Gasteiger partial charge in [0.1, 0.15) is 0 Å². The van der Waals surface area contributed by atoms with Crippen molar-refractivity contribution in [2.75, 3.05) is 13.6 Å². The van der Waals surface area contributed by atoms with Crippen molar-refractivity contribution >= 4 is 5.84 Å². The van der Waals surface area contributed by atoms with Crippen molar-refractivity contribution in [3.63, 3.8) is 0 Å². The fourth-order valence-electron chi connectivity index (χ4n) is 0.489. The highest BCUT2D eigenvalue weighted by Gasteiger charge is 2.05. The first-order chi connectivity index (χ1) is 4.09. The van der Waals surface area contributed by atoms with Gasteiger partial charge in [-0.25, -0.2) is 0 Å². The topological polar surface area (TPSA) is 53.1 Å². The zero-order valence-electron chi connectivity index (χ0n) is 6.31. The Morgan fingerprint density at radius 2 is 2.22 bits per heavy atom. The molecule has 0 saturated carbocycles. The third kappa shape index (κ3) is 2.46. The van der Waals surface area contributed by atoms with Gasteiger partial charge in [0, 0.05) is 19.6 Å². The van der Waals surface area contributed by atoms with E-state index in [4.69, 9.17) is 11.1 Å². The molecule has 9 heavy (non-hydrogen) atoms. The minimum absolute atomic E-state index is 0.280. The molecule has 0 heterocycles. The largest absolute Gasteiger partial charge is 0.360 e. The van der Waals surface area contributed by atoms with Crippen LogP contribution in [0.3, 0.4) is 0 Å². The van der Waals surface area contributed by atoms with E-state index in [0.29, 0.717) is 12.4 Å². The average Bonchev–Trinajstić information content (AvgIpc) is 1.84. The maximum atomic E-state index is 7.20. The number of rotatable bonds is 2. The van der Waals surface area contributed by atoms with Crippen molar-refractivity contribution in [3.8, 4) is 0 Å². The standard InChI is InChI=1S/C6H15N3/c1-5(4-7)9(3)6(2)8/h5,8H,4,7H2,1-3H3/t5-/m1/s1. The predicted molar refractivity (Wildman–Crippen MR) is 39.7 cm³/mol. The summed E-state index contributed by atoms with van der Waals surface area (Å²) in [5.74, 6) is 0.563. The van der Waals surface area contributed by atoms with E-state index in [1.54, 1.807) is 6.92 Å². The molecule has 0 spiro atoms. The zero-order chi connectivity index (χ0) is 7.44. The predicted octanol–water partition coefficient (Wildman–Crippen LogP) is 0.263. The number of nitrogens with one attached hydrogen (secondary N) is 1. The lowest BCUT2D eigenvalue weighted by Crippen LogP contribution is -2.37. The summed E-state index contributed by atoms with van der Waals surface area (Å²) < 4.78 is 0. The molecule has 3 heteroatoms. The Balaban J connectivity index is 3.72. The van der Waals surface area contributed by atoms with Crippen LogP contribution in [0.2, 0.25) is 0 Å². The second-order valence-corrected chi connectivity index (χ2v) is 2.28. The fourth-order valence-corrected chi connectivity index (χ4v) is 0.489. The Kier molecular flexibility index (Phi) is 3.24. The van der Waals surface area contributed by atoms with Gasteiger partial charge in [-0.1, -0.05) is 0 Å². The summed E-state index contributed by atoms with van der Waals surface area (Å²) >= 11 is 0. The molecule has 54 valence electrons. The van der Waals surface area contributed by atoms with Crippen LogP contribution in [0, 0.1) is 5.41 Å². The zero-order valence-corrected chi connectivity index (χ0v) is 6.31. The molecule has 0 aliphatic heterocycles. The molecule has 1 atom stereocenters. The summed E-state index contributed by atoms with van der Waals surface area (Å²) in [6.07, 6.45) is 0. The number of hydrogen-bond donors (Lipinski definition) is 2. The Hall–Kier alpha value is -0.570. The Labute approximate surface area is 56.3 Å². The maximum Gasteiger partial charge on any atom is 0.0926 e. The molecule has 0 amide bonds. The summed E-state index contributed by atoms with van der Waals surface area (Å²) in [5, 5.41) is 7.20. The molecule has 0 bridgehead atoms. The fraction of sp³-hybridized carbons (Fsp3) is 0.833. The van der Waals surface area contributed by atoms with Gasteiger partial charge in [0.2, 0.25) is 0 Å². The first-order valence-electron chi connectivity index (χ1n) is 3.07. The van der Waals surface area contributed by atoms with Gasteiger partial charge in [-0.05, 0) is 13.8 Å². The Morgan fingerprint density at radius 1 is 1.78 bits per heavy atom. The number of nitrogens with zero attached hydrogens (tertiary/aromatic N) is 1. The Bertz CT molecular complexity index is 100. The maximum absolute atomic E-state index is 7.20. The molecule has 0 unspecified atom stereocenters. The van der Waals surface area contributed by atoms with Crippen LogP contribution in [-0.4, -0.2) is 30.4 Å². The van der Waals surface area contributed by atoms with Crippen LogP contribution in [0.15, 0.2) is 0 Å². The van der Waals surface area contributed by atoms with Crippen LogP contribution in [0.5, 0.6) is 0 Å². The molecule has 0 aromatic rings. The van der Waals surface area contributed by atoms with Gasteiger partial charge in [0.15, 0.2) is 0 Å². The number of likely N-dealkylation sites (N-methyl/N-ethyl adjacent to an activating group) is 1. The molecular weight excluding hydrogens is 114 g/mol. The Morgan fingerprint density at radius 3 is 2.33 bits per heavy atom. The molecule has 0 aromatic heterocycles. The number of hydrogen-bond acceptors (Lipinski definition) is 2. The first kappa shape index (κ1) is 8.43. The van der Waals surface area contributed by atoms with E-state index in [9.17, 15) is 0 Å². The molecule has 0 saturated heterocycles. The summed E-state index contributed by atoms with van der Waals surface area (Å²) in [7, 11) is 1.87. The van der Waals surface area contributed by atoms with Crippen molar-refractivity contribution in [2.24, 2.45) is 5.73 Å². The second-order valence-electron chi connectivity index (χ2n) is 2.28. The average molecular weight is 129 g/mol. The first-order valence-corrected chi connectivity index (χ1v) is 3.07. The molecule has 3 nitrogen and oxygen atoms in total. The smallest absolute Gasteiger partial charge is 0.0926 e. The van der Waals surface area contributed by atoms with E-state index in [2.05, 4.69) is 0 Å². The van der Waals surface area contributed by atoms with Gasteiger partial charge < -0.3 is 10.6 Å². The van der Waals surface area contributed by atoms with Gasteiger partial charge in [0.25, 0.3) is 0 Å². The summed E-state index contributed by atoms with van der Waals surface area (Å²) in [4.78, 5) is 1.85. The quantitative estimate of drug-likeness (QED) is 0.415. The highest BCUT2D eigenvalue weighted by Crippen LogP contribution is 1.91. The number of amidine groups is 1. The van der Waals surface area contributed by atoms with E-state index in [1.807, 2.05) is 18.9 Å². The monoisotopic (exact) mass is 129 g/mol. The molecule has 0 aliphatic rings. The van der Waals surface area contributed by atoms with Crippen molar-refractivity contribution in [3.05, 3.63) is 0 Å². The van der Waals surface area contributed by atoms with Gasteiger partial charge in [-0.3, -0.25) is 5.41 Å². The van der Waals surface area contributed by atoms with Crippen LogP contribution >= 0.6 is 0 Å². The molecule has 0 rings (SSSR count). The third-order valence-electron chi connectivity index (χ3n) is 1.53. The lowest BCUT2D eigenvalue weighted by molar-refractivity contribution is 0.393. The molecule has 0 aliphatic carbocycles. The van der Waals surface area contributed by atoms with E-state index < -0.39 is 0 Å². The van der Waals surface area contributed by atoms with Gasteiger partial charge in [-0.15, -0.1) is 0 Å². The second kappa shape index (κ2) is 3.45. The molecule has 0 fully saturated rings. The molecule has 0 aromatic carbocycles. The van der Waals surface area contributed by atoms with E-state index in [1.165, 1.54) is 0 Å². The van der Waals surface area contributed by atoms with E-state index in [0.717, 1.165) is 0 Å². The minimum Gasteiger partial charge on any atom is -0.360 e. The van der Waals surface area contributed by atoms with Crippen molar-refractivity contribution in [1.82, 2.24) is 4.90 Å². The normalized spacial score (nSPS) is 12.9. The highest BCUT2D eigenvalue weighted by atomic mass is 15.2. The summed E-state index contributed by atoms with van der Waals surface area (Å²) in [5.41, 5.74) is 5.37. The van der Waals surface area contributed by atoms with Crippen LogP contribution in [-0.2, 0) is 0 Å². The van der Waals surface area contributed by atoms with Crippen molar-refractivity contribution in [1.29, 1.82) is 5.41 Å².